The minimum atomic E-state index is -0.664. The van der Waals surface area contributed by atoms with E-state index >= 15 is 0 Å². The number of hydrogen-bond acceptors (Lipinski definition) is 4. The second-order valence-electron chi connectivity index (χ2n) is 5.53. The molecular formula is C15H24F2N4. The van der Waals surface area contributed by atoms with Gasteiger partial charge in [0.25, 0.3) is 0 Å². The van der Waals surface area contributed by atoms with Gasteiger partial charge in [0.1, 0.15) is 0 Å². The monoisotopic (exact) mass is 298 g/mol. The first kappa shape index (κ1) is 15.9. The van der Waals surface area contributed by atoms with E-state index in [1.165, 1.54) is 25.7 Å². The first-order valence-electron chi connectivity index (χ1n) is 7.65. The van der Waals surface area contributed by atoms with Crippen molar-refractivity contribution in [3.05, 3.63) is 17.7 Å². The van der Waals surface area contributed by atoms with Crippen molar-refractivity contribution in [1.82, 2.24) is 9.88 Å². The van der Waals surface area contributed by atoms with Gasteiger partial charge in [0.05, 0.1) is 0 Å². The molecule has 0 aromatic carbocycles. The highest BCUT2D eigenvalue weighted by molar-refractivity contribution is 5.47. The van der Waals surface area contributed by atoms with Crippen molar-refractivity contribution in [2.75, 3.05) is 37.3 Å². The smallest absolute Gasteiger partial charge is 0.168 e. The molecule has 0 radical (unpaired) electrons. The van der Waals surface area contributed by atoms with Crippen LogP contribution in [0.5, 0.6) is 0 Å². The summed E-state index contributed by atoms with van der Waals surface area (Å²) in [6, 6.07) is 1.50. The van der Waals surface area contributed by atoms with Crippen LogP contribution in [0.25, 0.3) is 0 Å². The van der Waals surface area contributed by atoms with E-state index in [2.05, 4.69) is 27.6 Å². The van der Waals surface area contributed by atoms with E-state index < -0.39 is 11.6 Å². The van der Waals surface area contributed by atoms with Gasteiger partial charge in [0.15, 0.2) is 23.3 Å². The Morgan fingerprint density at radius 1 is 1.19 bits per heavy atom. The summed E-state index contributed by atoms with van der Waals surface area (Å²) in [6.07, 6.45) is 5.07. The number of nitrogens with one attached hydrogen (secondary N) is 2. The Bertz CT molecular complexity index is 461. The number of halogens is 2. The van der Waals surface area contributed by atoms with Crippen LogP contribution < -0.4 is 10.6 Å². The fraction of sp³-hybridized carbons (Fsp3) is 0.667. The fourth-order valence-electron chi connectivity index (χ4n) is 2.76. The van der Waals surface area contributed by atoms with E-state index in [1.54, 1.807) is 0 Å². The van der Waals surface area contributed by atoms with Gasteiger partial charge in [-0.1, -0.05) is 12.8 Å². The first-order chi connectivity index (χ1) is 10.1. The molecule has 1 heterocycles. The normalized spacial score (nSPS) is 15.7. The predicted molar refractivity (Wildman–Crippen MR) is 81.7 cm³/mol. The van der Waals surface area contributed by atoms with Gasteiger partial charge in [-0.25, -0.2) is 13.8 Å². The highest BCUT2D eigenvalue weighted by Crippen LogP contribution is 2.22. The summed E-state index contributed by atoms with van der Waals surface area (Å²) in [5, 5.41) is 5.74. The molecule has 0 aliphatic heterocycles. The van der Waals surface area contributed by atoms with Crippen LogP contribution in [0.15, 0.2) is 6.07 Å². The zero-order chi connectivity index (χ0) is 15.2. The van der Waals surface area contributed by atoms with Gasteiger partial charge < -0.3 is 15.5 Å². The number of pyridine rings is 1. The van der Waals surface area contributed by atoms with Crippen LogP contribution in [-0.2, 0) is 0 Å². The molecule has 1 aliphatic rings. The van der Waals surface area contributed by atoms with Crippen molar-refractivity contribution < 1.29 is 8.78 Å². The molecule has 1 aliphatic carbocycles. The molecule has 1 saturated carbocycles. The zero-order valence-corrected chi connectivity index (χ0v) is 12.8. The number of nitrogens with zero attached hydrogens (tertiary/aromatic N) is 2. The minimum absolute atomic E-state index is 0.0885. The Morgan fingerprint density at radius 3 is 2.43 bits per heavy atom. The lowest BCUT2D eigenvalue weighted by Crippen LogP contribution is -2.33. The molecule has 1 fully saturated rings. The molecule has 0 unspecified atom stereocenters. The molecular weight excluding hydrogens is 274 g/mol. The second-order valence-corrected chi connectivity index (χ2v) is 5.53. The van der Waals surface area contributed by atoms with E-state index in [0.717, 1.165) is 12.6 Å². The summed E-state index contributed by atoms with van der Waals surface area (Å²) in [5.41, 5.74) is 0. The predicted octanol–water partition coefficient (Wildman–Crippen LogP) is 3.08. The number of likely N-dealkylation sites (N-methyl/N-ethyl adjacent to an activating group) is 1. The number of hydrogen-bond donors (Lipinski definition) is 2. The van der Waals surface area contributed by atoms with Gasteiger partial charge >= 0.3 is 0 Å². The third kappa shape index (κ3) is 4.27. The molecule has 2 N–H and O–H groups in total. The Labute approximate surface area is 124 Å². The van der Waals surface area contributed by atoms with Gasteiger partial charge in [0.2, 0.25) is 0 Å². The maximum Gasteiger partial charge on any atom is 0.168 e. The summed E-state index contributed by atoms with van der Waals surface area (Å²) in [7, 11) is 2.09. The van der Waals surface area contributed by atoms with E-state index in [4.69, 9.17) is 0 Å². The SMILES string of the molecule is CCNc1nc(NCCN(C)C2CCCC2)c(F)cc1F. The quantitative estimate of drug-likeness (QED) is 0.811. The molecule has 21 heavy (non-hydrogen) atoms. The van der Waals surface area contributed by atoms with E-state index in [0.29, 0.717) is 19.1 Å². The molecule has 0 spiro atoms. The number of anilines is 2. The third-order valence-electron chi connectivity index (χ3n) is 3.98. The number of aromatic nitrogens is 1. The largest absolute Gasteiger partial charge is 0.368 e. The molecule has 0 bridgehead atoms. The Hall–Kier alpha value is -1.43. The van der Waals surface area contributed by atoms with Gasteiger partial charge in [0, 0.05) is 31.7 Å². The summed E-state index contributed by atoms with van der Waals surface area (Å²) in [5.74, 6) is -1.13. The van der Waals surface area contributed by atoms with Crippen molar-refractivity contribution in [3.8, 4) is 0 Å². The maximum absolute atomic E-state index is 13.7. The van der Waals surface area contributed by atoms with Crippen LogP contribution in [0.3, 0.4) is 0 Å². The first-order valence-corrected chi connectivity index (χ1v) is 7.65. The topological polar surface area (TPSA) is 40.2 Å². The Kier molecular flexibility index (Phi) is 5.73. The van der Waals surface area contributed by atoms with Crippen LogP contribution in [0, 0.1) is 11.6 Å². The molecule has 0 atom stereocenters. The molecule has 0 amide bonds. The van der Waals surface area contributed by atoms with Crippen LogP contribution in [-0.4, -0.2) is 42.6 Å². The number of rotatable bonds is 7. The molecule has 4 nitrogen and oxygen atoms in total. The van der Waals surface area contributed by atoms with Gasteiger partial charge in [-0.2, -0.15) is 0 Å². The van der Waals surface area contributed by atoms with E-state index in [-0.39, 0.29) is 11.6 Å². The average molecular weight is 298 g/mol. The van der Waals surface area contributed by atoms with Crippen molar-refractivity contribution in [3.63, 3.8) is 0 Å². The van der Waals surface area contributed by atoms with Crippen LogP contribution in [0.2, 0.25) is 0 Å². The zero-order valence-electron chi connectivity index (χ0n) is 12.8. The third-order valence-corrected chi connectivity index (χ3v) is 3.98. The Morgan fingerprint density at radius 2 is 1.81 bits per heavy atom. The Balaban J connectivity index is 1.88. The fourth-order valence-corrected chi connectivity index (χ4v) is 2.76. The highest BCUT2D eigenvalue weighted by atomic mass is 19.1. The highest BCUT2D eigenvalue weighted by Gasteiger charge is 2.19. The molecule has 0 saturated heterocycles. The maximum atomic E-state index is 13.7. The van der Waals surface area contributed by atoms with Crippen molar-refractivity contribution in [2.45, 2.75) is 38.6 Å². The van der Waals surface area contributed by atoms with Gasteiger partial charge in [-0.3, -0.25) is 0 Å². The summed E-state index contributed by atoms with van der Waals surface area (Å²) in [4.78, 5) is 6.26. The summed E-state index contributed by atoms with van der Waals surface area (Å²) in [6.45, 7) is 3.79. The van der Waals surface area contributed by atoms with E-state index in [9.17, 15) is 8.78 Å². The summed E-state index contributed by atoms with van der Waals surface area (Å²) < 4.78 is 27.2. The van der Waals surface area contributed by atoms with Gasteiger partial charge in [-0.15, -0.1) is 0 Å². The molecule has 118 valence electrons. The molecule has 1 aromatic rings. The van der Waals surface area contributed by atoms with Crippen LogP contribution in [0.4, 0.5) is 20.4 Å². The van der Waals surface area contributed by atoms with Crippen LogP contribution >= 0.6 is 0 Å². The molecule has 6 heteroatoms. The van der Waals surface area contributed by atoms with Crippen molar-refractivity contribution >= 4 is 11.6 Å². The second kappa shape index (κ2) is 7.54. The average Bonchev–Trinajstić information content (AvgIpc) is 2.98. The standard InChI is InChI=1S/C15H24F2N4/c1-3-18-14-12(16)10-13(17)15(20-14)19-8-9-21(2)11-6-4-5-7-11/h10-11H,3-9H2,1-2H3,(H2,18,19,20). The van der Waals surface area contributed by atoms with Crippen molar-refractivity contribution in [2.24, 2.45) is 0 Å². The van der Waals surface area contributed by atoms with Crippen LogP contribution in [0.1, 0.15) is 32.6 Å². The lowest BCUT2D eigenvalue weighted by molar-refractivity contribution is 0.254. The molecule has 1 aromatic heterocycles. The summed E-state index contributed by atoms with van der Waals surface area (Å²) >= 11 is 0. The van der Waals surface area contributed by atoms with E-state index in [1.807, 2.05) is 6.92 Å². The lowest BCUT2D eigenvalue weighted by atomic mass is 10.2. The van der Waals surface area contributed by atoms with Gasteiger partial charge in [-0.05, 0) is 26.8 Å². The lowest BCUT2D eigenvalue weighted by Gasteiger charge is -2.24. The van der Waals surface area contributed by atoms with Crippen molar-refractivity contribution in [1.29, 1.82) is 0 Å². The minimum Gasteiger partial charge on any atom is -0.368 e. The molecule has 2 rings (SSSR count).